The van der Waals surface area contributed by atoms with Gasteiger partial charge in [0.25, 0.3) is 0 Å². The zero-order chi connectivity index (χ0) is 20.9. The van der Waals surface area contributed by atoms with E-state index in [-0.39, 0.29) is 6.10 Å². The van der Waals surface area contributed by atoms with Gasteiger partial charge in [0.15, 0.2) is 0 Å². The number of esters is 1. The predicted octanol–water partition coefficient (Wildman–Crippen LogP) is 4.93. The van der Waals surface area contributed by atoms with Gasteiger partial charge in [-0.2, -0.15) is 0 Å². The van der Waals surface area contributed by atoms with Crippen LogP contribution in [0.4, 0.5) is 4.79 Å². The van der Waals surface area contributed by atoms with Gasteiger partial charge >= 0.3 is 12.1 Å². The van der Waals surface area contributed by atoms with Crippen LogP contribution in [0.5, 0.6) is 0 Å². The van der Waals surface area contributed by atoms with E-state index in [0.717, 1.165) is 26.8 Å². The van der Waals surface area contributed by atoms with Gasteiger partial charge in [-0.25, -0.2) is 9.59 Å². The zero-order valence-corrected chi connectivity index (χ0v) is 18.4. The Morgan fingerprint density at radius 3 is 2.40 bits per heavy atom. The average molecular weight is 428 g/mol. The smallest absolute Gasteiger partial charge is 0.408 e. The third kappa shape index (κ3) is 3.59. The summed E-state index contributed by atoms with van der Waals surface area (Å²) in [4.78, 5) is 26.6. The van der Waals surface area contributed by atoms with Gasteiger partial charge in [0.05, 0.1) is 7.11 Å². The standard InChI is InChI=1S/C24H29NO4S/c1-24(22(26)28-2,13-19-12-16-5-3-4-6-20(16)30-19)25-23(27)29-21-17-8-14-7-15(10-17)11-18(21)9-14/h3-6,12,14-15,17-18,21H,7-11,13H2,1-2H3,(H,25,27). The molecule has 6 heteroatoms. The first-order valence-corrected chi connectivity index (χ1v) is 11.8. The first-order chi connectivity index (χ1) is 14.4. The average Bonchev–Trinajstić information content (AvgIpc) is 3.11. The largest absolute Gasteiger partial charge is 0.467 e. The maximum Gasteiger partial charge on any atom is 0.408 e. The van der Waals surface area contributed by atoms with Gasteiger partial charge < -0.3 is 14.8 Å². The lowest BCUT2D eigenvalue weighted by Crippen LogP contribution is -2.57. The number of nitrogens with one attached hydrogen (secondary N) is 1. The zero-order valence-electron chi connectivity index (χ0n) is 17.6. The molecule has 1 atom stereocenters. The van der Waals surface area contributed by atoms with Crippen LogP contribution in [-0.2, 0) is 20.7 Å². The van der Waals surface area contributed by atoms with Gasteiger partial charge in [-0.3, -0.25) is 0 Å². The molecule has 2 aromatic rings. The normalized spacial score (nSPS) is 31.3. The van der Waals surface area contributed by atoms with Gasteiger partial charge in [0, 0.05) is 16.0 Å². The fourth-order valence-electron chi connectivity index (χ4n) is 6.31. The summed E-state index contributed by atoms with van der Waals surface area (Å²) in [6, 6.07) is 10.2. The Morgan fingerprint density at radius 2 is 1.77 bits per heavy atom. The molecule has 0 radical (unpaired) electrons. The highest BCUT2D eigenvalue weighted by Crippen LogP contribution is 2.54. The number of thiophene rings is 1. The fourth-order valence-corrected chi connectivity index (χ4v) is 7.53. The minimum atomic E-state index is -1.17. The highest BCUT2D eigenvalue weighted by molar-refractivity contribution is 7.19. The van der Waals surface area contributed by atoms with E-state index in [1.54, 1.807) is 18.3 Å². The highest BCUT2D eigenvalue weighted by Gasteiger charge is 2.50. The Bertz CT molecular complexity index is 908. The number of rotatable bonds is 5. The van der Waals surface area contributed by atoms with Crippen molar-refractivity contribution >= 4 is 33.5 Å². The summed E-state index contributed by atoms with van der Waals surface area (Å²) >= 11 is 1.63. The molecule has 0 saturated heterocycles. The predicted molar refractivity (Wildman–Crippen MR) is 116 cm³/mol. The van der Waals surface area contributed by atoms with Crippen LogP contribution in [0.25, 0.3) is 10.1 Å². The topological polar surface area (TPSA) is 64.6 Å². The molecule has 30 heavy (non-hydrogen) atoms. The molecule has 0 aliphatic heterocycles. The van der Waals surface area contributed by atoms with E-state index in [0.29, 0.717) is 18.3 Å². The number of hydrogen-bond donors (Lipinski definition) is 1. The summed E-state index contributed by atoms with van der Waals surface area (Å²) in [5.41, 5.74) is -1.17. The highest BCUT2D eigenvalue weighted by atomic mass is 32.1. The van der Waals surface area contributed by atoms with Crippen LogP contribution in [0.2, 0.25) is 0 Å². The van der Waals surface area contributed by atoms with Crippen LogP contribution in [0.1, 0.15) is 43.9 Å². The first-order valence-electron chi connectivity index (χ1n) is 11.0. The molecule has 5 nitrogen and oxygen atoms in total. The first kappa shape index (κ1) is 19.9. The van der Waals surface area contributed by atoms with Crippen LogP contribution in [-0.4, -0.2) is 30.8 Å². The van der Waals surface area contributed by atoms with E-state index < -0.39 is 17.6 Å². The Hall–Kier alpha value is -2.08. The monoisotopic (exact) mass is 427 g/mol. The summed E-state index contributed by atoms with van der Waals surface area (Å²) in [7, 11) is 1.36. The number of methoxy groups -OCH3 is 1. The number of ether oxygens (including phenoxy) is 2. The number of amides is 1. The quantitative estimate of drug-likeness (QED) is 0.688. The Balaban J connectivity index is 1.30. The molecule has 1 unspecified atom stereocenters. The molecule has 4 saturated carbocycles. The van der Waals surface area contributed by atoms with Gasteiger partial charge in [-0.15, -0.1) is 11.3 Å². The second-order valence-electron chi connectivity index (χ2n) is 9.68. The van der Waals surface area contributed by atoms with Crippen molar-refractivity contribution in [1.82, 2.24) is 5.32 Å². The molecular formula is C24H29NO4S. The number of benzene rings is 1. The summed E-state index contributed by atoms with van der Waals surface area (Å²) < 4.78 is 12.2. The lowest BCUT2D eigenvalue weighted by molar-refractivity contribution is -0.148. The summed E-state index contributed by atoms with van der Waals surface area (Å²) in [5.74, 6) is 2.16. The minimum absolute atomic E-state index is 0.0102. The van der Waals surface area contributed by atoms with Crippen molar-refractivity contribution in [3.8, 4) is 0 Å². The summed E-state index contributed by atoms with van der Waals surface area (Å²) in [6.45, 7) is 1.72. The second-order valence-corrected chi connectivity index (χ2v) is 10.8. The van der Waals surface area contributed by atoms with Crippen LogP contribution < -0.4 is 5.32 Å². The molecule has 4 aliphatic rings. The van der Waals surface area contributed by atoms with E-state index in [2.05, 4.69) is 23.5 Å². The maximum atomic E-state index is 12.9. The Morgan fingerprint density at radius 1 is 1.10 bits per heavy atom. The molecule has 1 aromatic heterocycles. The van der Waals surface area contributed by atoms with Crippen molar-refractivity contribution < 1.29 is 19.1 Å². The molecule has 1 amide bonds. The van der Waals surface area contributed by atoms with Crippen LogP contribution in [0.3, 0.4) is 0 Å². The number of alkyl carbamates (subject to hydrolysis) is 1. The Labute approximate surface area is 181 Å². The maximum absolute atomic E-state index is 12.9. The number of carbonyl (C=O) groups excluding carboxylic acids is 2. The van der Waals surface area contributed by atoms with Gasteiger partial charge in [0.2, 0.25) is 0 Å². The van der Waals surface area contributed by atoms with E-state index in [9.17, 15) is 9.59 Å². The van der Waals surface area contributed by atoms with Crippen molar-refractivity contribution in [2.75, 3.05) is 7.11 Å². The molecule has 6 rings (SSSR count). The van der Waals surface area contributed by atoms with E-state index in [1.807, 2.05) is 12.1 Å². The molecule has 160 valence electrons. The number of carbonyl (C=O) groups is 2. The van der Waals surface area contributed by atoms with Crippen LogP contribution in [0, 0.1) is 23.7 Å². The van der Waals surface area contributed by atoms with E-state index >= 15 is 0 Å². The summed E-state index contributed by atoms with van der Waals surface area (Å²) in [6.07, 6.45) is 5.95. The van der Waals surface area contributed by atoms with Crippen LogP contribution >= 0.6 is 11.3 Å². The van der Waals surface area contributed by atoms with Crippen molar-refractivity contribution in [2.24, 2.45) is 23.7 Å². The molecule has 4 fully saturated rings. The lowest BCUT2D eigenvalue weighted by Gasteiger charge is -2.53. The molecule has 4 aliphatic carbocycles. The van der Waals surface area contributed by atoms with Crippen molar-refractivity contribution in [1.29, 1.82) is 0 Å². The van der Waals surface area contributed by atoms with Crippen molar-refractivity contribution in [2.45, 2.75) is 57.1 Å². The van der Waals surface area contributed by atoms with E-state index in [4.69, 9.17) is 9.47 Å². The SMILES string of the molecule is COC(=O)C(C)(Cc1cc2ccccc2s1)NC(=O)OC1C2CC3CC(C2)CC1C3. The minimum Gasteiger partial charge on any atom is -0.467 e. The second kappa shape index (κ2) is 7.56. The number of hydrogen-bond acceptors (Lipinski definition) is 5. The Kier molecular flexibility index (Phi) is 5.00. The molecule has 1 aromatic carbocycles. The summed E-state index contributed by atoms with van der Waals surface area (Å²) in [5, 5.41) is 4.01. The van der Waals surface area contributed by atoms with Crippen molar-refractivity contribution in [3.63, 3.8) is 0 Å². The molecule has 1 heterocycles. The van der Waals surface area contributed by atoms with Gasteiger partial charge in [-0.05, 0) is 80.2 Å². The molecule has 0 spiro atoms. The molecule has 4 bridgehead atoms. The molecule has 1 N–H and O–H groups in total. The lowest BCUT2D eigenvalue weighted by atomic mass is 9.55. The fraction of sp³-hybridized carbons (Fsp3) is 0.583. The van der Waals surface area contributed by atoms with Gasteiger partial charge in [0.1, 0.15) is 11.6 Å². The molecular weight excluding hydrogens is 398 g/mol. The third-order valence-corrected chi connectivity index (χ3v) is 8.52. The van der Waals surface area contributed by atoms with E-state index in [1.165, 1.54) is 39.2 Å². The third-order valence-electron chi connectivity index (χ3n) is 7.40. The number of fused-ring (bicyclic) bond motifs is 1. The van der Waals surface area contributed by atoms with Crippen molar-refractivity contribution in [3.05, 3.63) is 35.2 Å². The van der Waals surface area contributed by atoms with Gasteiger partial charge in [-0.1, -0.05) is 18.2 Å². The van der Waals surface area contributed by atoms with Crippen LogP contribution in [0.15, 0.2) is 30.3 Å².